The summed E-state index contributed by atoms with van der Waals surface area (Å²) in [5, 5.41) is 23.6. The van der Waals surface area contributed by atoms with Gasteiger partial charge in [0.1, 0.15) is 17.7 Å². The monoisotopic (exact) mass is 687 g/mol. The first kappa shape index (κ1) is 37.6. The van der Waals surface area contributed by atoms with Crippen molar-refractivity contribution in [1.82, 2.24) is 26.1 Å². The highest BCUT2D eigenvalue weighted by Gasteiger charge is 2.39. The summed E-state index contributed by atoms with van der Waals surface area (Å²) in [6.45, 7) is 3.92. The van der Waals surface area contributed by atoms with Crippen molar-refractivity contribution in [3.05, 3.63) is 88.2 Å². The molecule has 2 amide bonds. The van der Waals surface area contributed by atoms with E-state index < -0.39 is 74.7 Å². The fourth-order valence-corrected chi connectivity index (χ4v) is 6.45. The number of aromatic amines is 1. The molecule has 0 radical (unpaired) electrons. The fourth-order valence-electron chi connectivity index (χ4n) is 4.81. The molecule has 47 heavy (non-hydrogen) atoms. The minimum absolute atomic E-state index is 0.0480. The molecule has 0 spiro atoms. The Labute approximate surface area is 269 Å². The van der Waals surface area contributed by atoms with Crippen LogP contribution in [0.2, 0.25) is 0 Å². The summed E-state index contributed by atoms with van der Waals surface area (Å²) in [5.41, 5.74) is -0.430. The van der Waals surface area contributed by atoms with Crippen LogP contribution in [0.4, 0.5) is 22.0 Å². The molecule has 3 atom stereocenters. The largest absolute Gasteiger partial charge is 0.433 e. The molecule has 0 bridgehead atoms. The van der Waals surface area contributed by atoms with Crippen LogP contribution in [0.1, 0.15) is 59.4 Å². The van der Waals surface area contributed by atoms with Gasteiger partial charge in [0, 0.05) is 19.2 Å². The number of aromatic nitrogens is 2. The molecule has 2 aromatic carbocycles. The van der Waals surface area contributed by atoms with Crippen LogP contribution in [-0.4, -0.2) is 71.8 Å². The van der Waals surface area contributed by atoms with Crippen molar-refractivity contribution in [1.29, 1.82) is 0 Å². The number of amides is 2. The Hall–Kier alpha value is -3.89. The molecule has 0 unspecified atom stereocenters. The molecule has 0 aliphatic rings. The van der Waals surface area contributed by atoms with E-state index in [9.17, 15) is 45.1 Å². The molecule has 1 aromatic heterocycles. The topological polar surface area (TPSA) is 153 Å². The molecule has 0 aliphatic heterocycles. The van der Waals surface area contributed by atoms with Crippen LogP contribution in [0.3, 0.4) is 0 Å². The molecule has 0 fully saturated rings. The van der Waals surface area contributed by atoms with Gasteiger partial charge < -0.3 is 21.1 Å². The predicted molar refractivity (Wildman–Crippen MR) is 164 cm³/mol. The normalized spacial score (nSPS) is 14.0. The summed E-state index contributed by atoms with van der Waals surface area (Å²) < 4.78 is 93.9. The lowest BCUT2D eigenvalue weighted by Crippen LogP contribution is -2.56. The van der Waals surface area contributed by atoms with E-state index in [-0.39, 0.29) is 30.7 Å². The molecule has 10 nitrogen and oxygen atoms in total. The number of aliphatic hydroxyl groups is 1. The molecule has 16 heteroatoms. The molecule has 258 valence electrons. The number of nitrogens with zero attached hydrogens (tertiary/aromatic N) is 1. The minimum Gasteiger partial charge on any atom is -0.390 e. The Morgan fingerprint density at radius 1 is 1.00 bits per heavy atom. The van der Waals surface area contributed by atoms with Crippen LogP contribution in [0.25, 0.3) is 0 Å². The van der Waals surface area contributed by atoms with Crippen molar-refractivity contribution < 1.29 is 45.1 Å². The first-order valence-electron chi connectivity index (χ1n) is 15.0. The number of carbonyl (C=O) groups is 2. The van der Waals surface area contributed by atoms with Gasteiger partial charge in [0.15, 0.2) is 15.5 Å². The minimum atomic E-state index is -5.01. The summed E-state index contributed by atoms with van der Waals surface area (Å²) in [5.74, 6) is -5.72. The molecule has 5 N–H and O–H groups in total. The van der Waals surface area contributed by atoms with Gasteiger partial charge in [-0.2, -0.15) is 18.3 Å². The SMILES string of the molecule is CCCCS(=O)(=O)C[C@@H](NC(=O)c1cn[nH]c1C(F)(F)F)C(=O)N[C@@H](Cc1cc(F)cc(F)c1)[C@H](O)CNCc1cccc(CC)c1. The zero-order valence-corrected chi connectivity index (χ0v) is 26.6. The summed E-state index contributed by atoms with van der Waals surface area (Å²) in [4.78, 5) is 26.5. The van der Waals surface area contributed by atoms with Gasteiger partial charge in [-0.05, 0) is 48.1 Å². The molecule has 0 aliphatic carbocycles. The average Bonchev–Trinajstić information content (AvgIpc) is 3.50. The summed E-state index contributed by atoms with van der Waals surface area (Å²) in [7, 11) is -4.01. The van der Waals surface area contributed by atoms with Crippen molar-refractivity contribution in [2.75, 3.05) is 18.1 Å². The Bertz CT molecular complexity index is 1600. The second-order valence-electron chi connectivity index (χ2n) is 11.1. The van der Waals surface area contributed by atoms with E-state index in [1.165, 1.54) is 0 Å². The van der Waals surface area contributed by atoms with E-state index in [4.69, 9.17) is 0 Å². The average molecular weight is 688 g/mol. The highest BCUT2D eigenvalue weighted by Crippen LogP contribution is 2.30. The van der Waals surface area contributed by atoms with Gasteiger partial charge in [0.2, 0.25) is 5.91 Å². The maximum absolute atomic E-state index is 14.0. The van der Waals surface area contributed by atoms with Gasteiger partial charge in [-0.3, -0.25) is 14.7 Å². The highest BCUT2D eigenvalue weighted by molar-refractivity contribution is 7.91. The van der Waals surface area contributed by atoms with Gasteiger partial charge in [-0.25, -0.2) is 17.2 Å². The van der Waals surface area contributed by atoms with Crippen molar-refractivity contribution in [2.24, 2.45) is 0 Å². The van der Waals surface area contributed by atoms with E-state index in [1.807, 2.05) is 31.2 Å². The summed E-state index contributed by atoms with van der Waals surface area (Å²) in [6.07, 6.45) is -4.63. The van der Waals surface area contributed by atoms with Crippen LogP contribution >= 0.6 is 0 Å². The third-order valence-electron chi connectivity index (χ3n) is 7.27. The van der Waals surface area contributed by atoms with Gasteiger partial charge in [-0.1, -0.05) is 44.5 Å². The number of benzene rings is 2. The molecular formula is C31H38F5N5O5S. The number of aliphatic hydroxyl groups excluding tert-OH is 1. The molecule has 3 aromatic rings. The van der Waals surface area contributed by atoms with Crippen molar-refractivity contribution >= 4 is 21.7 Å². The van der Waals surface area contributed by atoms with E-state index in [1.54, 1.807) is 12.0 Å². The number of rotatable bonds is 17. The number of H-pyrrole nitrogens is 1. The van der Waals surface area contributed by atoms with Gasteiger partial charge in [-0.15, -0.1) is 0 Å². The number of halogens is 5. The lowest BCUT2D eigenvalue weighted by Gasteiger charge is -2.27. The van der Waals surface area contributed by atoms with Crippen LogP contribution < -0.4 is 16.0 Å². The number of unbranched alkanes of at least 4 members (excludes halogenated alkanes) is 1. The molecule has 0 saturated heterocycles. The van der Waals surface area contributed by atoms with Gasteiger partial charge in [0.05, 0.1) is 35.4 Å². The molecule has 0 saturated carbocycles. The van der Waals surface area contributed by atoms with Crippen LogP contribution in [0.5, 0.6) is 0 Å². The smallest absolute Gasteiger partial charge is 0.390 e. The second kappa shape index (κ2) is 16.8. The Morgan fingerprint density at radius 2 is 1.68 bits per heavy atom. The second-order valence-corrected chi connectivity index (χ2v) is 13.3. The van der Waals surface area contributed by atoms with Crippen LogP contribution in [0.15, 0.2) is 48.7 Å². The van der Waals surface area contributed by atoms with E-state index in [0.717, 1.165) is 29.7 Å². The number of nitrogens with one attached hydrogen (secondary N) is 4. The first-order valence-corrected chi connectivity index (χ1v) is 16.8. The third-order valence-corrected chi connectivity index (χ3v) is 9.02. The van der Waals surface area contributed by atoms with Crippen molar-refractivity contribution in [2.45, 2.75) is 70.4 Å². The van der Waals surface area contributed by atoms with Crippen molar-refractivity contribution in [3.63, 3.8) is 0 Å². The zero-order valence-electron chi connectivity index (χ0n) is 25.8. The summed E-state index contributed by atoms with van der Waals surface area (Å²) >= 11 is 0. The Morgan fingerprint density at radius 3 is 2.32 bits per heavy atom. The fraction of sp³-hybridized carbons (Fsp3) is 0.452. The predicted octanol–water partition coefficient (Wildman–Crippen LogP) is 3.46. The number of sulfone groups is 1. The van der Waals surface area contributed by atoms with E-state index in [2.05, 4.69) is 21.0 Å². The van der Waals surface area contributed by atoms with Gasteiger partial charge >= 0.3 is 6.18 Å². The molecule has 3 rings (SSSR count). The Balaban J connectivity index is 1.87. The van der Waals surface area contributed by atoms with E-state index >= 15 is 0 Å². The van der Waals surface area contributed by atoms with Gasteiger partial charge in [0.25, 0.3) is 5.91 Å². The highest BCUT2D eigenvalue weighted by atomic mass is 32.2. The number of aryl methyl sites for hydroxylation is 1. The Kier molecular flexibility index (Phi) is 13.4. The first-order chi connectivity index (χ1) is 22.1. The maximum atomic E-state index is 14.0. The molecule has 1 heterocycles. The standard InChI is InChI=1S/C31H38F5N5O5S/c1-3-5-9-47(45,46)18-26(40-29(43)24-16-38-41-28(24)31(34,35)36)30(44)39-25(13-21-11-22(32)14-23(33)12-21)27(42)17-37-15-20-8-6-7-19(4-2)10-20/h6-8,10-12,14,16,25-27,37,42H,3-5,9,13,15,17-18H2,1-2H3,(H,38,41)(H,39,44)(H,40,43)/t25-,26+,27+/m0/s1. The lowest BCUT2D eigenvalue weighted by atomic mass is 10.00. The van der Waals surface area contributed by atoms with Crippen LogP contribution in [0, 0.1) is 11.6 Å². The number of carbonyl (C=O) groups excluding carboxylic acids is 2. The number of hydrogen-bond acceptors (Lipinski definition) is 7. The van der Waals surface area contributed by atoms with Crippen LogP contribution in [-0.2, 0) is 40.2 Å². The van der Waals surface area contributed by atoms with E-state index in [0.29, 0.717) is 25.2 Å². The quantitative estimate of drug-likeness (QED) is 0.136. The zero-order chi connectivity index (χ0) is 34.8. The number of hydrogen-bond donors (Lipinski definition) is 5. The lowest BCUT2D eigenvalue weighted by molar-refractivity contribution is -0.141. The summed E-state index contributed by atoms with van der Waals surface area (Å²) in [6, 6.07) is 7.09. The molecular weight excluding hydrogens is 649 g/mol. The maximum Gasteiger partial charge on any atom is 0.433 e. The van der Waals surface area contributed by atoms with Crippen molar-refractivity contribution in [3.8, 4) is 0 Å². The number of alkyl halides is 3. The third kappa shape index (κ3) is 11.7.